The molecule has 3 rings (SSSR count). The molecule has 0 heterocycles. The first kappa shape index (κ1) is 19.5. The summed E-state index contributed by atoms with van der Waals surface area (Å²) in [4.78, 5) is 24.4. The lowest BCUT2D eigenvalue weighted by Gasteiger charge is -2.06. The fraction of sp³-hybridized carbons (Fsp3) is 0.0455. The second-order valence-electron chi connectivity index (χ2n) is 6.09. The van der Waals surface area contributed by atoms with Crippen molar-refractivity contribution in [1.29, 1.82) is 0 Å². The highest BCUT2D eigenvalue weighted by molar-refractivity contribution is 9.10. The predicted molar refractivity (Wildman–Crippen MR) is 115 cm³/mol. The molecule has 2 amide bonds. The van der Waals surface area contributed by atoms with E-state index in [-0.39, 0.29) is 11.8 Å². The van der Waals surface area contributed by atoms with Crippen molar-refractivity contribution in [2.75, 3.05) is 5.32 Å². The Morgan fingerprint density at radius 2 is 1.46 bits per heavy atom. The van der Waals surface area contributed by atoms with Crippen molar-refractivity contribution in [2.45, 2.75) is 6.92 Å². The number of hydrogen-bond acceptors (Lipinski definition) is 3. The molecule has 2 N–H and O–H groups in total. The highest BCUT2D eigenvalue weighted by Crippen LogP contribution is 2.14. The smallest absolute Gasteiger partial charge is 0.271 e. The van der Waals surface area contributed by atoms with Crippen molar-refractivity contribution in [2.24, 2.45) is 5.10 Å². The average molecular weight is 436 g/mol. The summed E-state index contributed by atoms with van der Waals surface area (Å²) in [7, 11) is 0. The number of amides is 2. The Bertz CT molecular complexity index is 1010. The standard InChI is InChI=1S/C22H18BrN3O2/c1-15-4-2-3-5-18(15)14-24-26-22(28)17-8-12-20(13-9-17)25-21(27)16-6-10-19(23)11-7-16/h2-14H,1H3,(H,25,27)(H,26,28)/b24-14-. The van der Waals surface area contributed by atoms with E-state index in [0.717, 1.165) is 15.6 Å². The molecule has 6 heteroatoms. The molecule has 0 radical (unpaired) electrons. The van der Waals surface area contributed by atoms with E-state index in [4.69, 9.17) is 0 Å². The first-order chi connectivity index (χ1) is 13.5. The van der Waals surface area contributed by atoms with Crippen LogP contribution in [-0.2, 0) is 0 Å². The fourth-order valence-corrected chi connectivity index (χ4v) is 2.73. The Balaban J connectivity index is 1.59. The van der Waals surface area contributed by atoms with Gasteiger partial charge in [0.25, 0.3) is 11.8 Å². The number of rotatable bonds is 5. The zero-order valence-corrected chi connectivity index (χ0v) is 16.7. The van der Waals surface area contributed by atoms with E-state index in [0.29, 0.717) is 16.8 Å². The summed E-state index contributed by atoms with van der Waals surface area (Å²) in [5.41, 5.74) is 6.12. The molecule has 3 aromatic rings. The number of halogens is 1. The van der Waals surface area contributed by atoms with E-state index in [1.54, 1.807) is 54.7 Å². The van der Waals surface area contributed by atoms with Crippen molar-refractivity contribution in [3.8, 4) is 0 Å². The van der Waals surface area contributed by atoms with Crippen LogP contribution in [0.1, 0.15) is 31.8 Å². The number of carbonyl (C=O) groups excluding carboxylic acids is 2. The first-order valence-corrected chi connectivity index (χ1v) is 9.38. The number of aryl methyl sites for hydroxylation is 1. The van der Waals surface area contributed by atoms with Gasteiger partial charge >= 0.3 is 0 Å². The highest BCUT2D eigenvalue weighted by atomic mass is 79.9. The van der Waals surface area contributed by atoms with Gasteiger partial charge in [-0.05, 0) is 66.6 Å². The largest absolute Gasteiger partial charge is 0.322 e. The average Bonchev–Trinajstić information content (AvgIpc) is 2.70. The van der Waals surface area contributed by atoms with Crippen LogP contribution in [-0.4, -0.2) is 18.0 Å². The molecule has 140 valence electrons. The maximum Gasteiger partial charge on any atom is 0.271 e. The SMILES string of the molecule is Cc1ccccc1/C=N\NC(=O)c1ccc(NC(=O)c2ccc(Br)cc2)cc1. The summed E-state index contributed by atoms with van der Waals surface area (Å²) < 4.78 is 0.907. The number of hydrazone groups is 1. The van der Waals surface area contributed by atoms with E-state index in [9.17, 15) is 9.59 Å². The maximum absolute atomic E-state index is 12.2. The molecule has 0 aliphatic heterocycles. The summed E-state index contributed by atoms with van der Waals surface area (Å²) in [5.74, 6) is -0.539. The molecule has 0 unspecified atom stereocenters. The number of hydrogen-bond donors (Lipinski definition) is 2. The van der Waals surface area contributed by atoms with E-state index < -0.39 is 0 Å². The van der Waals surface area contributed by atoms with Gasteiger partial charge in [0.15, 0.2) is 0 Å². The van der Waals surface area contributed by atoms with E-state index in [2.05, 4.69) is 31.8 Å². The number of anilines is 1. The fourth-order valence-electron chi connectivity index (χ4n) is 2.47. The van der Waals surface area contributed by atoms with E-state index >= 15 is 0 Å². The van der Waals surface area contributed by atoms with Gasteiger partial charge in [0.2, 0.25) is 0 Å². The zero-order chi connectivity index (χ0) is 19.9. The van der Waals surface area contributed by atoms with Gasteiger partial charge in [-0.25, -0.2) is 5.43 Å². The lowest BCUT2D eigenvalue weighted by molar-refractivity contribution is 0.0954. The van der Waals surface area contributed by atoms with Gasteiger partial charge < -0.3 is 5.32 Å². The lowest BCUT2D eigenvalue weighted by Crippen LogP contribution is -2.18. The minimum atomic E-state index is -0.323. The van der Waals surface area contributed by atoms with Crippen LogP contribution < -0.4 is 10.7 Å². The molecule has 0 saturated heterocycles. The number of carbonyl (C=O) groups is 2. The van der Waals surface area contributed by atoms with Crippen LogP contribution in [0.3, 0.4) is 0 Å². The number of benzene rings is 3. The summed E-state index contributed by atoms with van der Waals surface area (Å²) in [5, 5.41) is 6.80. The van der Waals surface area contributed by atoms with Gasteiger partial charge in [-0.3, -0.25) is 9.59 Å². The van der Waals surface area contributed by atoms with Crippen LogP contribution in [0, 0.1) is 6.92 Å². The Hall–Kier alpha value is -3.25. The normalized spacial score (nSPS) is 10.6. The van der Waals surface area contributed by atoms with Gasteiger partial charge in [-0.15, -0.1) is 0 Å². The zero-order valence-electron chi connectivity index (χ0n) is 15.1. The molecule has 0 fully saturated rings. The van der Waals surface area contributed by atoms with Crippen molar-refractivity contribution in [3.05, 3.63) is 99.5 Å². The first-order valence-electron chi connectivity index (χ1n) is 8.59. The van der Waals surface area contributed by atoms with Gasteiger partial charge in [-0.2, -0.15) is 5.10 Å². The van der Waals surface area contributed by atoms with Crippen molar-refractivity contribution in [1.82, 2.24) is 5.43 Å². The monoisotopic (exact) mass is 435 g/mol. The van der Waals surface area contributed by atoms with Crippen molar-refractivity contribution >= 4 is 39.6 Å². The minimum Gasteiger partial charge on any atom is -0.322 e. The van der Waals surface area contributed by atoms with Crippen LogP contribution in [0.4, 0.5) is 5.69 Å². The topological polar surface area (TPSA) is 70.6 Å². The molecule has 0 aliphatic carbocycles. The second kappa shape index (κ2) is 9.10. The molecule has 0 saturated carbocycles. The maximum atomic E-state index is 12.2. The Morgan fingerprint density at radius 3 is 2.14 bits per heavy atom. The van der Waals surface area contributed by atoms with Crippen LogP contribution in [0.2, 0.25) is 0 Å². The van der Waals surface area contributed by atoms with E-state index in [1.165, 1.54) is 0 Å². The third-order valence-electron chi connectivity index (χ3n) is 4.07. The Morgan fingerprint density at radius 1 is 0.857 bits per heavy atom. The summed E-state index contributed by atoms with van der Waals surface area (Å²) >= 11 is 3.34. The van der Waals surface area contributed by atoms with Gasteiger partial charge in [-0.1, -0.05) is 40.2 Å². The van der Waals surface area contributed by atoms with Crippen LogP contribution >= 0.6 is 15.9 Å². The lowest BCUT2D eigenvalue weighted by atomic mass is 10.1. The van der Waals surface area contributed by atoms with Crippen LogP contribution in [0.15, 0.2) is 82.4 Å². The summed E-state index contributed by atoms with van der Waals surface area (Å²) in [6.45, 7) is 1.98. The molecule has 0 bridgehead atoms. The Kier molecular flexibility index (Phi) is 6.34. The molecular formula is C22H18BrN3O2. The minimum absolute atomic E-state index is 0.215. The molecule has 0 aliphatic rings. The summed E-state index contributed by atoms with van der Waals surface area (Å²) in [6.07, 6.45) is 1.61. The Labute approximate surface area is 171 Å². The van der Waals surface area contributed by atoms with Crippen molar-refractivity contribution < 1.29 is 9.59 Å². The van der Waals surface area contributed by atoms with Gasteiger partial charge in [0.1, 0.15) is 0 Å². The molecule has 0 aromatic heterocycles. The molecular weight excluding hydrogens is 418 g/mol. The molecule has 3 aromatic carbocycles. The number of nitrogens with one attached hydrogen (secondary N) is 2. The third-order valence-corrected chi connectivity index (χ3v) is 4.60. The second-order valence-corrected chi connectivity index (χ2v) is 7.01. The van der Waals surface area contributed by atoms with Crippen LogP contribution in [0.5, 0.6) is 0 Å². The predicted octanol–water partition coefficient (Wildman–Crippen LogP) is 4.77. The molecule has 5 nitrogen and oxygen atoms in total. The highest BCUT2D eigenvalue weighted by Gasteiger charge is 2.08. The third kappa shape index (κ3) is 5.14. The van der Waals surface area contributed by atoms with E-state index in [1.807, 2.05) is 31.2 Å². The van der Waals surface area contributed by atoms with Gasteiger partial charge in [0, 0.05) is 21.3 Å². The molecule has 0 atom stereocenters. The quantitative estimate of drug-likeness (QED) is 0.447. The van der Waals surface area contributed by atoms with Gasteiger partial charge in [0.05, 0.1) is 6.21 Å². The summed E-state index contributed by atoms with van der Waals surface area (Å²) in [6, 6.07) is 21.5. The molecule has 28 heavy (non-hydrogen) atoms. The number of nitrogens with zero attached hydrogens (tertiary/aromatic N) is 1. The molecule has 0 spiro atoms. The van der Waals surface area contributed by atoms with Crippen LogP contribution in [0.25, 0.3) is 0 Å². The van der Waals surface area contributed by atoms with Crippen molar-refractivity contribution in [3.63, 3.8) is 0 Å².